The second kappa shape index (κ2) is 6.73. The first-order chi connectivity index (χ1) is 10.7. The Morgan fingerprint density at radius 3 is 2.82 bits per heavy atom. The molecule has 1 aromatic heterocycles. The van der Waals surface area contributed by atoms with Crippen LogP contribution in [0.5, 0.6) is 0 Å². The maximum absolute atomic E-state index is 9.83. The van der Waals surface area contributed by atoms with Crippen LogP contribution >= 0.6 is 12.2 Å². The van der Waals surface area contributed by atoms with Crippen LogP contribution in [0.1, 0.15) is 19.8 Å². The molecule has 2 aromatic rings. The highest BCUT2D eigenvalue weighted by atomic mass is 32.1. The standard InChI is InChI=1S/C16H22N4OS/c1-2-19-15(13-7-4-3-5-8-13)17-20(16(19)22)12-18-10-6-9-14(21)11-18/h3-5,7-8,14,21H,2,6,9-12H2,1H3/p+1/t14-/m0/s1. The number of aliphatic hydroxyl groups excluding tert-OH is 1. The predicted molar refractivity (Wildman–Crippen MR) is 88.1 cm³/mol. The summed E-state index contributed by atoms with van der Waals surface area (Å²) in [7, 11) is 0. The molecule has 22 heavy (non-hydrogen) atoms. The van der Waals surface area contributed by atoms with Gasteiger partial charge in [0.1, 0.15) is 12.6 Å². The number of piperidine rings is 1. The van der Waals surface area contributed by atoms with Gasteiger partial charge >= 0.3 is 0 Å². The first-order valence-electron chi connectivity index (χ1n) is 7.93. The normalized spacial score (nSPS) is 21.9. The van der Waals surface area contributed by atoms with Crippen molar-refractivity contribution in [2.45, 2.75) is 39.1 Å². The molecule has 2 atom stereocenters. The van der Waals surface area contributed by atoms with E-state index in [1.54, 1.807) is 0 Å². The average molecular weight is 319 g/mol. The highest BCUT2D eigenvalue weighted by molar-refractivity contribution is 7.71. The molecule has 0 spiro atoms. The number of aliphatic hydroxyl groups is 1. The predicted octanol–water partition coefficient (Wildman–Crippen LogP) is 1.10. The third-order valence-electron chi connectivity index (χ3n) is 4.24. The van der Waals surface area contributed by atoms with Gasteiger partial charge in [-0.15, -0.1) is 5.10 Å². The number of nitrogens with zero attached hydrogens (tertiary/aromatic N) is 3. The summed E-state index contributed by atoms with van der Waals surface area (Å²) in [5.74, 6) is 0.921. The minimum atomic E-state index is -0.195. The highest BCUT2D eigenvalue weighted by Crippen LogP contribution is 2.17. The zero-order valence-electron chi connectivity index (χ0n) is 12.9. The van der Waals surface area contributed by atoms with Gasteiger partial charge in [-0.1, -0.05) is 30.3 Å². The van der Waals surface area contributed by atoms with Gasteiger partial charge in [-0.25, -0.2) is 0 Å². The van der Waals surface area contributed by atoms with Gasteiger partial charge in [-0.2, -0.15) is 4.68 Å². The largest absolute Gasteiger partial charge is 0.387 e. The van der Waals surface area contributed by atoms with E-state index < -0.39 is 0 Å². The van der Waals surface area contributed by atoms with Crippen molar-refractivity contribution in [3.8, 4) is 11.4 Å². The van der Waals surface area contributed by atoms with E-state index in [4.69, 9.17) is 17.3 Å². The van der Waals surface area contributed by atoms with Crippen LogP contribution in [0.3, 0.4) is 0 Å². The van der Waals surface area contributed by atoms with E-state index in [9.17, 15) is 5.11 Å². The summed E-state index contributed by atoms with van der Waals surface area (Å²) in [5, 5.41) is 14.6. The van der Waals surface area contributed by atoms with Gasteiger partial charge < -0.3 is 14.6 Å². The average Bonchev–Trinajstić information content (AvgIpc) is 2.84. The summed E-state index contributed by atoms with van der Waals surface area (Å²) < 4.78 is 4.74. The maximum Gasteiger partial charge on any atom is 0.203 e. The number of hydrogen-bond donors (Lipinski definition) is 2. The fraction of sp³-hybridized carbons (Fsp3) is 0.500. The third-order valence-corrected chi connectivity index (χ3v) is 4.67. The van der Waals surface area contributed by atoms with Gasteiger partial charge in [-0.3, -0.25) is 0 Å². The minimum absolute atomic E-state index is 0.195. The molecule has 1 saturated heterocycles. The van der Waals surface area contributed by atoms with Gasteiger partial charge in [0.25, 0.3) is 0 Å². The molecule has 1 unspecified atom stereocenters. The zero-order valence-corrected chi connectivity index (χ0v) is 13.7. The third kappa shape index (κ3) is 3.14. The molecule has 5 nitrogen and oxygen atoms in total. The van der Waals surface area contributed by atoms with Crippen molar-refractivity contribution in [2.75, 3.05) is 13.1 Å². The van der Waals surface area contributed by atoms with Gasteiger partial charge in [0.2, 0.25) is 4.77 Å². The summed E-state index contributed by atoms with van der Waals surface area (Å²) in [6.07, 6.45) is 1.78. The number of nitrogens with one attached hydrogen (secondary N) is 1. The quantitative estimate of drug-likeness (QED) is 0.830. The van der Waals surface area contributed by atoms with E-state index >= 15 is 0 Å². The fourth-order valence-electron chi connectivity index (χ4n) is 3.11. The molecule has 3 rings (SSSR count). The van der Waals surface area contributed by atoms with Crippen LogP contribution in [0.25, 0.3) is 11.4 Å². The van der Waals surface area contributed by atoms with E-state index in [0.717, 1.165) is 55.3 Å². The Labute approximate surface area is 135 Å². The fourth-order valence-corrected chi connectivity index (χ4v) is 3.43. The molecule has 2 N–H and O–H groups in total. The Morgan fingerprint density at radius 1 is 1.36 bits per heavy atom. The highest BCUT2D eigenvalue weighted by Gasteiger charge is 2.22. The summed E-state index contributed by atoms with van der Waals surface area (Å²) in [4.78, 5) is 1.34. The molecular weight excluding hydrogens is 296 g/mol. The first kappa shape index (κ1) is 15.4. The van der Waals surface area contributed by atoms with E-state index in [0.29, 0.717) is 0 Å². The van der Waals surface area contributed by atoms with E-state index in [2.05, 4.69) is 23.6 Å². The van der Waals surface area contributed by atoms with Crippen molar-refractivity contribution in [3.05, 3.63) is 35.1 Å². The summed E-state index contributed by atoms with van der Waals surface area (Å²) in [6.45, 7) is 5.47. The number of quaternary nitrogens is 1. The molecule has 118 valence electrons. The molecule has 1 fully saturated rings. The second-order valence-corrected chi connectivity index (χ2v) is 6.24. The van der Waals surface area contributed by atoms with E-state index in [-0.39, 0.29) is 6.10 Å². The summed E-state index contributed by atoms with van der Waals surface area (Å²) >= 11 is 5.60. The molecule has 1 aliphatic rings. The summed E-state index contributed by atoms with van der Waals surface area (Å²) in [6, 6.07) is 10.2. The van der Waals surface area contributed by atoms with Gasteiger partial charge in [0, 0.05) is 12.1 Å². The minimum Gasteiger partial charge on any atom is -0.387 e. The van der Waals surface area contributed by atoms with Crippen LogP contribution < -0.4 is 4.90 Å². The van der Waals surface area contributed by atoms with Crippen LogP contribution in [0.2, 0.25) is 0 Å². The first-order valence-corrected chi connectivity index (χ1v) is 8.34. The molecule has 1 aliphatic heterocycles. The van der Waals surface area contributed by atoms with Crippen LogP contribution in [-0.2, 0) is 13.2 Å². The zero-order chi connectivity index (χ0) is 15.5. The van der Waals surface area contributed by atoms with Crippen molar-refractivity contribution in [1.82, 2.24) is 14.3 Å². The second-order valence-electron chi connectivity index (χ2n) is 5.87. The van der Waals surface area contributed by atoms with Crippen molar-refractivity contribution in [3.63, 3.8) is 0 Å². The van der Waals surface area contributed by atoms with Crippen LogP contribution in [0.15, 0.2) is 30.3 Å². The van der Waals surface area contributed by atoms with Crippen LogP contribution in [0.4, 0.5) is 0 Å². The van der Waals surface area contributed by atoms with Crippen molar-refractivity contribution in [2.24, 2.45) is 0 Å². The number of aromatic nitrogens is 3. The van der Waals surface area contributed by atoms with E-state index in [1.165, 1.54) is 4.90 Å². The van der Waals surface area contributed by atoms with E-state index in [1.807, 2.05) is 22.9 Å². The molecule has 0 saturated carbocycles. The monoisotopic (exact) mass is 319 g/mol. The maximum atomic E-state index is 9.83. The lowest BCUT2D eigenvalue weighted by Gasteiger charge is -2.26. The Hall–Kier alpha value is -1.50. The molecule has 6 heteroatoms. The summed E-state index contributed by atoms with van der Waals surface area (Å²) in [5.41, 5.74) is 1.09. The lowest BCUT2D eigenvalue weighted by Crippen LogP contribution is -3.13. The van der Waals surface area contributed by atoms with Gasteiger partial charge in [-0.05, 0) is 32.0 Å². The lowest BCUT2D eigenvalue weighted by atomic mass is 10.1. The van der Waals surface area contributed by atoms with Crippen LogP contribution in [-0.4, -0.2) is 38.6 Å². The number of likely N-dealkylation sites (tertiary alicyclic amines) is 1. The Balaban J connectivity index is 1.89. The van der Waals surface area contributed by atoms with Crippen molar-refractivity contribution in [1.29, 1.82) is 0 Å². The Kier molecular flexibility index (Phi) is 4.71. The van der Waals surface area contributed by atoms with Gasteiger partial charge in [0.15, 0.2) is 12.5 Å². The SMILES string of the molecule is CCn1c(-c2ccccc2)nn(C[NH+]2CCC[C@H](O)C2)c1=S. The molecular formula is C16H23N4OS+. The molecule has 0 bridgehead atoms. The molecule has 0 aliphatic carbocycles. The van der Waals surface area contributed by atoms with Gasteiger partial charge in [0.05, 0.1) is 6.54 Å². The number of hydrogen-bond acceptors (Lipinski definition) is 3. The smallest absolute Gasteiger partial charge is 0.203 e. The molecule has 0 amide bonds. The Morgan fingerprint density at radius 2 is 2.14 bits per heavy atom. The van der Waals surface area contributed by atoms with Crippen molar-refractivity contribution < 1.29 is 10.0 Å². The lowest BCUT2D eigenvalue weighted by molar-refractivity contribution is -0.931. The number of benzene rings is 1. The molecule has 1 aromatic carbocycles. The molecule has 0 radical (unpaired) electrons. The Bertz CT molecular complexity index is 679. The van der Waals surface area contributed by atoms with Crippen LogP contribution in [0, 0.1) is 4.77 Å². The topological polar surface area (TPSA) is 47.4 Å². The number of rotatable bonds is 4. The van der Waals surface area contributed by atoms with Crippen molar-refractivity contribution >= 4 is 12.2 Å². The molecule has 2 heterocycles.